The van der Waals surface area contributed by atoms with E-state index in [0.29, 0.717) is 17.3 Å². The first kappa shape index (κ1) is 20.6. The molecule has 2 aromatic heterocycles. The van der Waals surface area contributed by atoms with Gasteiger partial charge in [-0.05, 0) is 51.4 Å². The number of amides is 1. The molecule has 1 amide bonds. The van der Waals surface area contributed by atoms with E-state index in [0.717, 1.165) is 32.6 Å². The van der Waals surface area contributed by atoms with E-state index in [1.54, 1.807) is 6.92 Å². The maximum absolute atomic E-state index is 13.0. The lowest BCUT2D eigenvalue weighted by atomic mass is 9.94. The Balaban J connectivity index is 1.60. The topological polar surface area (TPSA) is 90.1 Å². The van der Waals surface area contributed by atoms with Crippen LogP contribution in [0.4, 0.5) is 13.2 Å². The van der Waals surface area contributed by atoms with Crippen LogP contribution in [-0.4, -0.2) is 33.3 Å². The molecule has 4 rings (SSSR count). The second kappa shape index (κ2) is 7.24. The average Bonchev–Trinajstić information content (AvgIpc) is 3.58. The molecule has 0 saturated heterocycles. The monoisotopic (exact) mass is 424 g/mol. The summed E-state index contributed by atoms with van der Waals surface area (Å²) in [7, 11) is 0. The molecule has 7 nitrogen and oxygen atoms in total. The van der Waals surface area contributed by atoms with Crippen LogP contribution in [0.2, 0.25) is 0 Å². The SMILES string of the molecule is Cc1nc(C(C)(NC(=O)c2cc(O[C@@H](C)C(F)(F)F)c(C3CC3)cn2)C2CC2)no1. The molecule has 2 atom stereocenters. The molecule has 0 radical (unpaired) electrons. The van der Waals surface area contributed by atoms with E-state index >= 15 is 0 Å². The molecule has 30 heavy (non-hydrogen) atoms. The van der Waals surface area contributed by atoms with Crippen molar-refractivity contribution in [1.82, 2.24) is 20.4 Å². The summed E-state index contributed by atoms with van der Waals surface area (Å²) in [5.41, 5.74) is -0.274. The average molecular weight is 424 g/mol. The van der Waals surface area contributed by atoms with Gasteiger partial charge in [-0.2, -0.15) is 18.2 Å². The first-order valence-electron chi connectivity index (χ1n) is 9.94. The van der Waals surface area contributed by atoms with Crippen LogP contribution < -0.4 is 10.1 Å². The van der Waals surface area contributed by atoms with Crippen molar-refractivity contribution in [2.45, 2.75) is 70.2 Å². The third-order valence-corrected chi connectivity index (χ3v) is 5.67. The molecule has 2 saturated carbocycles. The summed E-state index contributed by atoms with van der Waals surface area (Å²) in [6.45, 7) is 4.42. The number of hydrogen-bond acceptors (Lipinski definition) is 6. The first-order valence-corrected chi connectivity index (χ1v) is 9.94. The van der Waals surface area contributed by atoms with Crippen molar-refractivity contribution in [2.24, 2.45) is 5.92 Å². The van der Waals surface area contributed by atoms with Crippen LogP contribution in [0.1, 0.15) is 73.2 Å². The van der Waals surface area contributed by atoms with Crippen molar-refractivity contribution >= 4 is 5.91 Å². The largest absolute Gasteiger partial charge is 0.481 e. The Morgan fingerprint density at radius 1 is 1.30 bits per heavy atom. The van der Waals surface area contributed by atoms with Crippen LogP contribution in [0.25, 0.3) is 0 Å². The number of carbonyl (C=O) groups excluding carboxylic acids is 1. The third-order valence-electron chi connectivity index (χ3n) is 5.67. The predicted octanol–water partition coefficient (Wildman–Crippen LogP) is 4.04. The minimum Gasteiger partial charge on any atom is -0.481 e. The molecule has 0 bridgehead atoms. The van der Waals surface area contributed by atoms with E-state index < -0.39 is 23.7 Å². The van der Waals surface area contributed by atoms with Crippen molar-refractivity contribution in [2.75, 3.05) is 0 Å². The molecule has 162 valence electrons. The van der Waals surface area contributed by atoms with Gasteiger partial charge in [0.25, 0.3) is 5.91 Å². The van der Waals surface area contributed by atoms with E-state index in [1.165, 1.54) is 12.3 Å². The van der Waals surface area contributed by atoms with Gasteiger partial charge < -0.3 is 14.6 Å². The standard InChI is InChI=1S/C20H23F3N4O3/c1-10(20(21,22)23)29-16-8-15(24-9-14(16)12-4-5-12)17(28)26-19(3,13-6-7-13)18-25-11(2)30-27-18/h8-10,12-13H,4-7H2,1-3H3,(H,26,28)/t10-,19?/m0/s1. The Morgan fingerprint density at radius 2 is 2.00 bits per heavy atom. The number of nitrogens with zero attached hydrogens (tertiary/aromatic N) is 3. The van der Waals surface area contributed by atoms with E-state index in [9.17, 15) is 18.0 Å². The number of alkyl halides is 3. The van der Waals surface area contributed by atoms with Gasteiger partial charge in [0, 0.05) is 24.8 Å². The highest BCUT2D eigenvalue weighted by Gasteiger charge is 2.47. The van der Waals surface area contributed by atoms with Gasteiger partial charge in [-0.3, -0.25) is 9.78 Å². The smallest absolute Gasteiger partial charge is 0.425 e. The summed E-state index contributed by atoms with van der Waals surface area (Å²) < 4.78 is 49.3. The molecule has 2 aliphatic rings. The number of aryl methyl sites for hydroxylation is 1. The Labute approximate surface area is 171 Å². The molecule has 0 aromatic carbocycles. The van der Waals surface area contributed by atoms with Crippen LogP contribution >= 0.6 is 0 Å². The van der Waals surface area contributed by atoms with Crippen LogP contribution in [0, 0.1) is 12.8 Å². The summed E-state index contributed by atoms with van der Waals surface area (Å²) in [6.07, 6.45) is -1.54. The van der Waals surface area contributed by atoms with Crippen molar-refractivity contribution in [3.8, 4) is 5.75 Å². The summed E-state index contributed by atoms with van der Waals surface area (Å²) in [5.74, 6) is 0.529. The Hall–Kier alpha value is -2.65. The second-order valence-electron chi connectivity index (χ2n) is 8.25. The maximum atomic E-state index is 13.0. The zero-order chi connectivity index (χ0) is 21.7. The van der Waals surface area contributed by atoms with Gasteiger partial charge in [0.05, 0.1) is 0 Å². The molecule has 2 aromatic rings. The van der Waals surface area contributed by atoms with Gasteiger partial charge in [-0.25, -0.2) is 0 Å². The lowest BCUT2D eigenvalue weighted by molar-refractivity contribution is -0.189. The molecule has 2 fully saturated rings. The van der Waals surface area contributed by atoms with Gasteiger partial charge in [-0.15, -0.1) is 0 Å². The number of pyridine rings is 1. The first-order chi connectivity index (χ1) is 14.1. The predicted molar refractivity (Wildman–Crippen MR) is 98.9 cm³/mol. The van der Waals surface area contributed by atoms with Gasteiger partial charge in [0.15, 0.2) is 11.9 Å². The minimum absolute atomic E-state index is 0.0177. The molecule has 2 heterocycles. The number of nitrogens with one attached hydrogen (secondary N) is 1. The van der Waals surface area contributed by atoms with Crippen LogP contribution in [0.5, 0.6) is 5.75 Å². The summed E-state index contributed by atoms with van der Waals surface area (Å²) in [4.78, 5) is 21.4. The van der Waals surface area contributed by atoms with E-state index in [1.807, 2.05) is 6.92 Å². The van der Waals surface area contributed by atoms with Crippen molar-refractivity contribution in [1.29, 1.82) is 0 Å². The molecule has 0 spiro atoms. The van der Waals surface area contributed by atoms with Crippen LogP contribution in [0.3, 0.4) is 0 Å². The van der Waals surface area contributed by atoms with Gasteiger partial charge in [0.1, 0.15) is 17.0 Å². The van der Waals surface area contributed by atoms with Crippen molar-refractivity contribution in [3.05, 3.63) is 35.2 Å². The van der Waals surface area contributed by atoms with Gasteiger partial charge >= 0.3 is 6.18 Å². The van der Waals surface area contributed by atoms with E-state index in [2.05, 4.69) is 20.4 Å². The lowest BCUT2D eigenvalue weighted by Gasteiger charge is -2.27. The highest BCUT2D eigenvalue weighted by atomic mass is 19.4. The summed E-state index contributed by atoms with van der Waals surface area (Å²) in [5, 5.41) is 6.87. The third kappa shape index (κ3) is 4.13. The highest BCUT2D eigenvalue weighted by molar-refractivity contribution is 5.93. The molecular formula is C20H23F3N4O3. The molecular weight excluding hydrogens is 401 g/mol. The molecule has 1 unspecified atom stereocenters. The summed E-state index contributed by atoms with van der Waals surface area (Å²) in [6, 6.07) is 1.29. The summed E-state index contributed by atoms with van der Waals surface area (Å²) >= 11 is 0. The number of rotatable bonds is 7. The molecule has 0 aliphatic heterocycles. The van der Waals surface area contributed by atoms with Crippen LogP contribution in [-0.2, 0) is 5.54 Å². The minimum atomic E-state index is -4.51. The van der Waals surface area contributed by atoms with Gasteiger partial charge in [0.2, 0.25) is 5.89 Å². The van der Waals surface area contributed by atoms with Crippen LogP contribution in [0.15, 0.2) is 16.8 Å². The fourth-order valence-corrected chi connectivity index (χ4v) is 3.44. The fourth-order valence-electron chi connectivity index (χ4n) is 3.44. The zero-order valence-electron chi connectivity index (χ0n) is 16.9. The fraction of sp³-hybridized carbons (Fsp3) is 0.600. The number of carbonyl (C=O) groups is 1. The lowest BCUT2D eigenvalue weighted by Crippen LogP contribution is -2.46. The maximum Gasteiger partial charge on any atom is 0.425 e. The molecule has 10 heteroatoms. The van der Waals surface area contributed by atoms with E-state index in [-0.39, 0.29) is 23.3 Å². The normalized spacial score (nSPS) is 19.8. The molecule has 2 aliphatic carbocycles. The number of halogens is 3. The Morgan fingerprint density at radius 3 is 2.53 bits per heavy atom. The quantitative estimate of drug-likeness (QED) is 0.722. The second-order valence-corrected chi connectivity index (χ2v) is 8.25. The highest BCUT2D eigenvalue weighted by Crippen LogP contribution is 2.46. The number of hydrogen-bond donors (Lipinski definition) is 1. The van der Waals surface area contributed by atoms with Crippen molar-refractivity contribution in [3.63, 3.8) is 0 Å². The van der Waals surface area contributed by atoms with Gasteiger partial charge in [-0.1, -0.05) is 5.16 Å². The van der Waals surface area contributed by atoms with E-state index in [4.69, 9.17) is 9.26 Å². The Bertz CT molecular complexity index is 953. The Kier molecular flexibility index (Phi) is 4.98. The van der Waals surface area contributed by atoms with Crippen molar-refractivity contribution < 1.29 is 27.2 Å². The number of ether oxygens (including phenoxy) is 1. The zero-order valence-corrected chi connectivity index (χ0v) is 16.9. The number of aromatic nitrogens is 3. The molecule has 1 N–H and O–H groups in total.